The molecule has 1 heteroatoms. The molecule has 1 nitrogen and oxygen atoms in total. The second kappa shape index (κ2) is 5.04. The summed E-state index contributed by atoms with van der Waals surface area (Å²) in [6.07, 6.45) is 3.65. The van der Waals surface area contributed by atoms with Crippen molar-refractivity contribution < 1.29 is 0 Å². The van der Waals surface area contributed by atoms with Crippen molar-refractivity contribution in [3.8, 4) is 0 Å². The molecule has 20 heavy (non-hydrogen) atoms. The summed E-state index contributed by atoms with van der Waals surface area (Å²) in [6, 6.07) is 7.14. The van der Waals surface area contributed by atoms with Crippen LogP contribution >= 0.6 is 0 Å². The molecule has 2 unspecified atom stereocenters. The van der Waals surface area contributed by atoms with E-state index < -0.39 is 0 Å². The van der Waals surface area contributed by atoms with Crippen molar-refractivity contribution in [1.29, 1.82) is 0 Å². The van der Waals surface area contributed by atoms with E-state index in [1.165, 1.54) is 24.0 Å². The molecule has 2 atom stereocenters. The van der Waals surface area contributed by atoms with E-state index in [-0.39, 0.29) is 0 Å². The van der Waals surface area contributed by atoms with Gasteiger partial charge in [-0.2, -0.15) is 0 Å². The molecular formula is C19H27N. The van der Waals surface area contributed by atoms with Gasteiger partial charge >= 0.3 is 0 Å². The van der Waals surface area contributed by atoms with Crippen LogP contribution in [-0.4, -0.2) is 6.54 Å². The molecule has 1 saturated carbocycles. The molecule has 1 fully saturated rings. The van der Waals surface area contributed by atoms with Gasteiger partial charge in [0.1, 0.15) is 0 Å². The van der Waals surface area contributed by atoms with E-state index in [0.29, 0.717) is 5.41 Å². The highest BCUT2D eigenvalue weighted by atomic mass is 14.9. The quantitative estimate of drug-likeness (QED) is 0.801. The zero-order valence-electron chi connectivity index (χ0n) is 13.1. The first kappa shape index (κ1) is 13.9. The van der Waals surface area contributed by atoms with Gasteiger partial charge in [-0.3, -0.25) is 0 Å². The van der Waals surface area contributed by atoms with Gasteiger partial charge in [0.15, 0.2) is 0 Å². The second-order valence-corrected chi connectivity index (χ2v) is 7.80. The molecule has 0 amide bonds. The number of hydrogen-bond donors (Lipinski definition) is 1. The molecule has 108 valence electrons. The van der Waals surface area contributed by atoms with Gasteiger partial charge in [0.2, 0.25) is 0 Å². The normalized spacial score (nSPS) is 25.1. The maximum Gasteiger partial charge on any atom is 0.0208 e. The van der Waals surface area contributed by atoms with E-state index in [4.69, 9.17) is 0 Å². The highest BCUT2D eigenvalue weighted by molar-refractivity contribution is 5.39. The van der Waals surface area contributed by atoms with E-state index in [9.17, 15) is 0 Å². The Morgan fingerprint density at radius 3 is 2.85 bits per heavy atom. The smallest absolute Gasteiger partial charge is 0.0208 e. The largest absolute Gasteiger partial charge is 0.312 e. The van der Waals surface area contributed by atoms with Crippen LogP contribution in [0.15, 0.2) is 30.4 Å². The Morgan fingerprint density at radius 2 is 2.10 bits per heavy atom. The van der Waals surface area contributed by atoms with Gasteiger partial charge in [-0.15, -0.1) is 0 Å². The minimum absolute atomic E-state index is 0.367. The van der Waals surface area contributed by atoms with Crippen LogP contribution in [0.3, 0.4) is 0 Å². The molecule has 0 saturated heterocycles. The lowest BCUT2D eigenvalue weighted by Crippen LogP contribution is -2.23. The van der Waals surface area contributed by atoms with Gasteiger partial charge < -0.3 is 5.32 Å². The molecule has 1 heterocycles. The van der Waals surface area contributed by atoms with Gasteiger partial charge in [-0.1, -0.05) is 51.1 Å². The minimum Gasteiger partial charge on any atom is -0.312 e. The van der Waals surface area contributed by atoms with Gasteiger partial charge in [-0.25, -0.2) is 0 Å². The first-order chi connectivity index (χ1) is 9.44. The number of nitrogens with one attached hydrogen (secondary N) is 1. The lowest BCUT2D eigenvalue weighted by molar-refractivity contribution is 0.402. The molecule has 2 aliphatic rings. The van der Waals surface area contributed by atoms with Crippen LogP contribution in [0.5, 0.6) is 0 Å². The number of allylic oxidation sites excluding steroid dienone is 1. The Bertz CT molecular complexity index is 521. The highest BCUT2D eigenvalue weighted by Crippen LogP contribution is 2.53. The van der Waals surface area contributed by atoms with E-state index in [1.807, 2.05) is 0 Å². The topological polar surface area (TPSA) is 12.0 Å². The predicted octanol–water partition coefficient (Wildman–Crippen LogP) is 4.43. The van der Waals surface area contributed by atoms with Crippen LogP contribution in [-0.2, 0) is 13.0 Å². The summed E-state index contributed by atoms with van der Waals surface area (Å²) in [4.78, 5) is 0. The van der Waals surface area contributed by atoms with Crippen molar-refractivity contribution in [2.24, 2.45) is 11.3 Å². The second-order valence-electron chi connectivity index (χ2n) is 7.80. The summed E-state index contributed by atoms with van der Waals surface area (Å²) >= 11 is 0. The fraction of sp³-hybridized carbons (Fsp3) is 0.579. The third kappa shape index (κ3) is 2.98. The number of fused-ring (bicyclic) bond motifs is 1. The zero-order chi connectivity index (χ0) is 14.3. The van der Waals surface area contributed by atoms with Crippen molar-refractivity contribution >= 4 is 0 Å². The predicted molar refractivity (Wildman–Crippen MR) is 85.9 cm³/mol. The van der Waals surface area contributed by atoms with Crippen molar-refractivity contribution in [2.75, 3.05) is 6.54 Å². The van der Waals surface area contributed by atoms with Gasteiger partial charge in [0, 0.05) is 6.54 Å². The Labute approximate surface area is 123 Å². The van der Waals surface area contributed by atoms with Gasteiger partial charge in [0.05, 0.1) is 0 Å². The minimum atomic E-state index is 0.367. The molecule has 0 radical (unpaired) electrons. The third-order valence-corrected chi connectivity index (χ3v) is 4.62. The molecule has 0 bridgehead atoms. The molecule has 1 N–H and O–H groups in total. The van der Waals surface area contributed by atoms with E-state index >= 15 is 0 Å². The van der Waals surface area contributed by atoms with Crippen LogP contribution in [0.2, 0.25) is 0 Å². The highest BCUT2D eigenvalue weighted by Gasteiger charge is 2.40. The molecule has 1 aromatic carbocycles. The van der Waals surface area contributed by atoms with Crippen molar-refractivity contribution in [1.82, 2.24) is 5.32 Å². The molecule has 0 aromatic heterocycles. The van der Waals surface area contributed by atoms with Gasteiger partial charge in [-0.05, 0) is 59.7 Å². The molecule has 1 aliphatic carbocycles. The van der Waals surface area contributed by atoms with Gasteiger partial charge in [0.25, 0.3) is 0 Å². The van der Waals surface area contributed by atoms with Crippen LogP contribution in [0, 0.1) is 11.3 Å². The zero-order valence-corrected chi connectivity index (χ0v) is 13.1. The molecular weight excluding hydrogens is 242 g/mol. The Kier molecular flexibility index (Phi) is 3.50. The van der Waals surface area contributed by atoms with Crippen LogP contribution in [0.1, 0.15) is 56.2 Å². The lowest BCUT2D eigenvalue weighted by atomic mass is 9.86. The number of rotatable bonds is 3. The van der Waals surface area contributed by atoms with E-state index in [1.54, 1.807) is 11.1 Å². The summed E-state index contributed by atoms with van der Waals surface area (Å²) in [5, 5.41) is 3.44. The standard InChI is InChI=1S/C19H27N/c1-13(11-19(2,3)4)17-10-18(17)15-5-6-16-12-20-8-7-14(16)9-15/h5-6,9,17-18,20H,1,7-8,10-12H2,2-4H3. The average molecular weight is 269 g/mol. The first-order valence-corrected chi connectivity index (χ1v) is 7.94. The number of benzene rings is 1. The van der Waals surface area contributed by atoms with Crippen LogP contribution in [0.4, 0.5) is 0 Å². The summed E-state index contributed by atoms with van der Waals surface area (Å²) in [6.45, 7) is 13.4. The Balaban J connectivity index is 1.69. The lowest BCUT2D eigenvalue weighted by Gasteiger charge is -2.20. The Morgan fingerprint density at radius 1 is 1.30 bits per heavy atom. The fourth-order valence-electron chi connectivity index (χ4n) is 3.55. The average Bonchev–Trinajstić information content (AvgIpc) is 3.16. The molecule has 1 aromatic rings. The summed E-state index contributed by atoms with van der Waals surface area (Å²) in [5.74, 6) is 1.47. The molecule has 1 aliphatic heterocycles. The van der Waals surface area contributed by atoms with E-state index in [2.05, 4.69) is 50.9 Å². The molecule has 3 rings (SSSR count). The maximum atomic E-state index is 4.36. The van der Waals surface area contributed by atoms with Crippen molar-refractivity contribution in [2.45, 2.75) is 52.5 Å². The summed E-state index contributed by atoms with van der Waals surface area (Å²) < 4.78 is 0. The first-order valence-electron chi connectivity index (χ1n) is 7.94. The van der Waals surface area contributed by atoms with Crippen molar-refractivity contribution in [3.63, 3.8) is 0 Å². The van der Waals surface area contributed by atoms with E-state index in [0.717, 1.165) is 31.3 Å². The van der Waals surface area contributed by atoms with Crippen molar-refractivity contribution in [3.05, 3.63) is 47.0 Å². The SMILES string of the molecule is C=C(CC(C)(C)C)C1CC1c1ccc2c(c1)CCNC2. The number of hydrogen-bond acceptors (Lipinski definition) is 1. The Hall–Kier alpha value is -1.08. The molecule has 0 spiro atoms. The summed E-state index contributed by atoms with van der Waals surface area (Å²) in [7, 11) is 0. The van der Waals surface area contributed by atoms with Crippen LogP contribution < -0.4 is 5.32 Å². The summed E-state index contributed by atoms with van der Waals surface area (Å²) in [5.41, 5.74) is 6.43. The monoisotopic (exact) mass is 269 g/mol. The third-order valence-electron chi connectivity index (χ3n) is 4.62. The fourth-order valence-corrected chi connectivity index (χ4v) is 3.55. The maximum absolute atomic E-state index is 4.36. The van der Waals surface area contributed by atoms with Crippen LogP contribution in [0.25, 0.3) is 0 Å².